The summed E-state index contributed by atoms with van der Waals surface area (Å²) in [5.74, 6) is 0. The summed E-state index contributed by atoms with van der Waals surface area (Å²) >= 11 is 0. The summed E-state index contributed by atoms with van der Waals surface area (Å²) in [6, 6.07) is -0.863. The molecule has 1 aliphatic heterocycles. The second-order valence-electron chi connectivity index (χ2n) is 6.01. The number of hydrogen-bond acceptors (Lipinski definition) is 7. The Hall–Kier alpha value is -0.280. The van der Waals surface area contributed by atoms with Crippen LogP contribution in [0.1, 0.15) is 20.8 Å². The van der Waals surface area contributed by atoms with Gasteiger partial charge in [0.15, 0.2) is 6.29 Å². The Kier molecular flexibility index (Phi) is 6.13. The van der Waals surface area contributed by atoms with Crippen LogP contribution in [-0.4, -0.2) is 71.0 Å². The fraction of sp³-hybridized carbons (Fsp3) is 1.00. The van der Waals surface area contributed by atoms with Crippen molar-refractivity contribution >= 4 is 0 Å². The molecular formula is C12H25NO6. The van der Waals surface area contributed by atoms with Crippen LogP contribution >= 0.6 is 0 Å². The van der Waals surface area contributed by atoms with Crippen molar-refractivity contribution in [3.8, 4) is 0 Å². The highest BCUT2D eigenvalue weighted by molar-refractivity contribution is 4.92. The van der Waals surface area contributed by atoms with Crippen molar-refractivity contribution in [3.63, 3.8) is 0 Å². The van der Waals surface area contributed by atoms with Gasteiger partial charge in [0, 0.05) is 0 Å². The van der Waals surface area contributed by atoms with Crippen molar-refractivity contribution < 1.29 is 29.9 Å². The zero-order valence-corrected chi connectivity index (χ0v) is 11.6. The third-order valence-corrected chi connectivity index (χ3v) is 2.86. The van der Waals surface area contributed by atoms with Crippen molar-refractivity contribution in [2.75, 3.05) is 19.9 Å². The minimum Gasteiger partial charge on any atom is -0.394 e. The van der Waals surface area contributed by atoms with E-state index in [1.807, 2.05) is 20.8 Å². The van der Waals surface area contributed by atoms with E-state index in [1.54, 1.807) is 0 Å². The molecule has 1 heterocycles. The van der Waals surface area contributed by atoms with Gasteiger partial charge >= 0.3 is 0 Å². The molecule has 7 heteroatoms. The zero-order valence-electron chi connectivity index (χ0n) is 11.6. The summed E-state index contributed by atoms with van der Waals surface area (Å²) in [6.07, 6.45) is -4.79. The lowest BCUT2D eigenvalue weighted by molar-refractivity contribution is -0.256. The third kappa shape index (κ3) is 4.96. The summed E-state index contributed by atoms with van der Waals surface area (Å²) in [4.78, 5) is 0. The molecule has 0 radical (unpaired) electrons. The lowest BCUT2D eigenvalue weighted by atomic mass is 9.97. The number of rotatable bonds is 5. The van der Waals surface area contributed by atoms with Crippen LogP contribution < -0.4 is 5.32 Å². The molecule has 0 amide bonds. The van der Waals surface area contributed by atoms with Gasteiger partial charge in [0.2, 0.25) is 0 Å². The van der Waals surface area contributed by atoms with Crippen molar-refractivity contribution in [3.05, 3.63) is 0 Å². The van der Waals surface area contributed by atoms with Gasteiger partial charge in [-0.1, -0.05) is 20.8 Å². The summed E-state index contributed by atoms with van der Waals surface area (Å²) in [7, 11) is 0. The molecule has 19 heavy (non-hydrogen) atoms. The first kappa shape index (κ1) is 16.8. The first-order valence-electron chi connectivity index (χ1n) is 6.38. The van der Waals surface area contributed by atoms with Crippen LogP contribution in [0.4, 0.5) is 0 Å². The van der Waals surface area contributed by atoms with Gasteiger partial charge in [-0.2, -0.15) is 0 Å². The van der Waals surface area contributed by atoms with E-state index in [4.69, 9.17) is 14.6 Å². The van der Waals surface area contributed by atoms with Crippen LogP contribution in [0.25, 0.3) is 0 Å². The first-order chi connectivity index (χ1) is 8.76. The first-order valence-corrected chi connectivity index (χ1v) is 6.38. The second-order valence-corrected chi connectivity index (χ2v) is 6.01. The Morgan fingerprint density at radius 1 is 1.16 bits per heavy atom. The van der Waals surface area contributed by atoms with Crippen LogP contribution in [-0.2, 0) is 9.47 Å². The standard InChI is InChI=1S/C12H25NO6/c1-12(2,3)5-18-6-13-8-10(16)9(15)7(4-14)19-11(8)17/h7-11,13-17H,4-6H2,1-3H3/t7?,8-,9-,10?,11-/m0/s1. The summed E-state index contributed by atoms with van der Waals surface area (Å²) in [5, 5.41) is 40.9. The average molecular weight is 279 g/mol. The van der Waals surface area contributed by atoms with Crippen LogP contribution in [0.2, 0.25) is 0 Å². The van der Waals surface area contributed by atoms with Crippen LogP contribution in [0.5, 0.6) is 0 Å². The second kappa shape index (κ2) is 6.94. The molecule has 0 aromatic carbocycles. The maximum atomic E-state index is 9.85. The lowest BCUT2D eigenvalue weighted by Gasteiger charge is -2.40. The molecule has 1 saturated heterocycles. The fourth-order valence-electron chi connectivity index (χ4n) is 1.83. The lowest BCUT2D eigenvalue weighted by Crippen LogP contribution is -2.63. The smallest absolute Gasteiger partial charge is 0.173 e. The molecule has 5 atom stereocenters. The molecular weight excluding hydrogens is 254 g/mol. The molecule has 1 rings (SSSR count). The highest BCUT2D eigenvalue weighted by Gasteiger charge is 2.43. The van der Waals surface area contributed by atoms with E-state index in [-0.39, 0.29) is 12.1 Å². The quantitative estimate of drug-likeness (QED) is 0.304. The zero-order chi connectivity index (χ0) is 14.6. The number of ether oxygens (including phenoxy) is 2. The van der Waals surface area contributed by atoms with E-state index in [0.29, 0.717) is 6.61 Å². The van der Waals surface area contributed by atoms with Crippen molar-refractivity contribution in [2.45, 2.75) is 51.4 Å². The Labute approximate surface area is 113 Å². The summed E-state index contributed by atoms with van der Waals surface area (Å²) < 4.78 is 10.4. The number of aliphatic hydroxyl groups excluding tert-OH is 4. The van der Waals surface area contributed by atoms with Crippen LogP contribution in [0, 0.1) is 5.41 Å². The molecule has 0 aromatic rings. The molecule has 0 bridgehead atoms. The Morgan fingerprint density at radius 2 is 1.79 bits per heavy atom. The molecule has 0 aromatic heterocycles. The number of nitrogens with one attached hydrogen (secondary N) is 1. The topological polar surface area (TPSA) is 111 Å². The largest absolute Gasteiger partial charge is 0.394 e. The minimum atomic E-state index is -1.31. The van der Waals surface area contributed by atoms with Gasteiger partial charge < -0.3 is 29.9 Å². The maximum absolute atomic E-state index is 9.85. The molecule has 0 spiro atoms. The molecule has 0 aliphatic carbocycles. The Bertz CT molecular complexity index is 269. The van der Waals surface area contributed by atoms with Crippen molar-refractivity contribution in [1.29, 1.82) is 0 Å². The average Bonchev–Trinajstić information content (AvgIpc) is 2.31. The van der Waals surface area contributed by atoms with Gasteiger partial charge in [0.25, 0.3) is 0 Å². The maximum Gasteiger partial charge on any atom is 0.173 e. The van der Waals surface area contributed by atoms with Crippen LogP contribution in [0.15, 0.2) is 0 Å². The van der Waals surface area contributed by atoms with E-state index in [1.165, 1.54) is 0 Å². The predicted octanol–water partition coefficient (Wildman–Crippen LogP) is -1.60. The molecule has 7 nitrogen and oxygen atoms in total. The predicted molar refractivity (Wildman–Crippen MR) is 67.2 cm³/mol. The highest BCUT2D eigenvalue weighted by atomic mass is 16.6. The van der Waals surface area contributed by atoms with E-state index in [0.717, 1.165) is 0 Å². The van der Waals surface area contributed by atoms with Gasteiger partial charge in [-0.05, 0) is 5.41 Å². The van der Waals surface area contributed by atoms with E-state index < -0.39 is 37.3 Å². The minimum absolute atomic E-state index is 0.0173. The van der Waals surface area contributed by atoms with Gasteiger partial charge in [-0.3, -0.25) is 5.32 Å². The van der Waals surface area contributed by atoms with Gasteiger partial charge in [0.1, 0.15) is 18.3 Å². The van der Waals surface area contributed by atoms with Gasteiger partial charge in [-0.15, -0.1) is 0 Å². The van der Waals surface area contributed by atoms with Gasteiger partial charge in [-0.25, -0.2) is 0 Å². The Balaban J connectivity index is 2.40. The monoisotopic (exact) mass is 279 g/mol. The van der Waals surface area contributed by atoms with E-state index in [9.17, 15) is 15.3 Å². The van der Waals surface area contributed by atoms with E-state index >= 15 is 0 Å². The summed E-state index contributed by atoms with van der Waals surface area (Å²) in [6.45, 7) is 6.24. The van der Waals surface area contributed by atoms with Crippen molar-refractivity contribution in [1.82, 2.24) is 5.32 Å². The highest BCUT2D eigenvalue weighted by Crippen LogP contribution is 2.19. The molecule has 2 unspecified atom stereocenters. The van der Waals surface area contributed by atoms with Crippen molar-refractivity contribution in [2.24, 2.45) is 5.41 Å². The molecule has 114 valence electrons. The number of hydrogen-bond donors (Lipinski definition) is 5. The molecule has 0 saturated carbocycles. The molecule has 1 aliphatic rings. The van der Waals surface area contributed by atoms with Gasteiger partial charge in [0.05, 0.1) is 26.0 Å². The fourth-order valence-corrected chi connectivity index (χ4v) is 1.83. The number of aliphatic hydroxyl groups is 4. The molecule has 1 fully saturated rings. The molecule has 5 N–H and O–H groups in total. The van der Waals surface area contributed by atoms with Crippen LogP contribution in [0.3, 0.4) is 0 Å². The SMILES string of the molecule is CC(C)(C)COCN[C@H]1C(O)[C@@H](O)C(CO)O[C@@H]1O. The van der Waals surface area contributed by atoms with E-state index in [2.05, 4.69) is 5.32 Å². The third-order valence-electron chi connectivity index (χ3n) is 2.86. The summed E-state index contributed by atoms with van der Waals surface area (Å²) in [5.41, 5.74) is 0.0173. The normalized spacial score (nSPS) is 36.5. The Morgan fingerprint density at radius 3 is 2.32 bits per heavy atom.